The molecule has 0 aromatic heterocycles. The van der Waals surface area contributed by atoms with Crippen LogP contribution in [0.3, 0.4) is 0 Å². The largest absolute Gasteiger partial charge is 0.0836 e. The quantitative estimate of drug-likeness (QED) is 0.602. The Bertz CT molecular complexity index is 356. The molecule has 0 nitrogen and oxygen atoms in total. The molecule has 2 aliphatic rings. The molecule has 0 N–H and O–H groups in total. The molecule has 1 aromatic carbocycles. The third-order valence-electron chi connectivity index (χ3n) is 3.72. The third kappa shape index (κ3) is 0.914. The molecule has 0 spiro atoms. The zero-order valence-corrected chi connectivity index (χ0v) is 9.34. The van der Waals surface area contributed by atoms with Gasteiger partial charge in [-0.05, 0) is 41.4 Å². The Morgan fingerprint density at radius 1 is 1.38 bits per heavy atom. The number of halogens is 1. The fraction of sp³-hybridized carbons (Fsp3) is 0.500. The SMILES string of the molecule is CC1C(Br)c2cccc3c2C1CC3. The molecule has 3 atom stereocenters. The van der Waals surface area contributed by atoms with Gasteiger partial charge in [-0.2, -0.15) is 0 Å². The molecule has 0 aliphatic heterocycles. The molecule has 13 heavy (non-hydrogen) atoms. The summed E-state index contributed by atoms with van der Waals surface area (Å²) < 4.78 is 0. The van der Waals surface area contributed by atoms with Crippen LogP contribution in [0, 0.1) is 5.92 Å². The van der Waals surface area contributed by atoms with E-state index in [0.717, 1.165) is 11.8 Å². The Morgan fingerprint density at radius 2 is 2.23 bits per heavy atom. The van der Waals surface area contributed by atoms with Crippen LogP contribution in [-0.2, 0) is 6.42 Å². The highest BCUT2D eigenvalue weighted by molar-refractivity contribution is 9.09. The Hall–Kier alpha value is -0.300. The second-order valence-corrected chi connectivity index (χ2v) is 5.31. The molecule has 68 valence electrons. The van der Waals surface area contributed by atoms with Gasteiger partial charge in [0, 0.05) is 4.83 Å². The van der Waals surface area contributed by atoms with Gasteiger partial charge in [-0.25, -0.2) is 0 Å². The van der Waals surface area contributed by atoms with Gasteiger partial charge >= 0.3 is 0 Å². The van der Waals surface area contributed by atoms with Crippen molar-refractivity contribution in [3.63, 3.8) is 0 Å². The first-order valence-corrected chi connectivity index (χ1v) is 5.96. The number of hydrogen-bond donors (Lipinski definition) is 0. The molecule has 0 radical (unpaired) electrons. The van der Waals surface area contributed by atoms with Crippen molar-refractivity contribution in [2.75, 3.05) is 0 Å². The van der Waals surface area contributed by atoms with Gasteiger partial charge in [0.15, 0.2) is 0 Å². The van der Waals surface area contributed by atoms with Gasteiger partial charge in [0.25, 0.3) is 0 Å². The molecular formula is C12H13Br. The summed E-state index contributed by atoms with van der Waals surface area (Å²) in [7, 11) is 0. The Labute approximate surface area is 87.5 Å². The summed E-state index contributed by atoms with van der Waals surface area (Å²) in [4.78, 5) is 0.604. The molecule has 0 bridgehead atoms. The summed E-state index contributed by atoms with van der Waals surface area (Å²) in [5, 5.41) is 0. The zero-order chi connectivity index (χ0) is 9.00. The van der Waals surface area contributed by atoms with Crippen molar-refractivity contribution in [3.05, 3.63) is 34.9 Å². The highest BCUT2D eigenvalue weighted by atomic mass is 79.9. The summed E-state index contributed by atoms with van der Waals surface area (Å²) in [5.74, 6) is 1.63. The van der Waals surface area contributed by atoms with Gasteiger partial charge in [-0.15, -0.1) is 0 Å². The topological polar surface area (TPSA) is 0 Å². The van der Waals surface area contributed by atoms with Crippen molar-refractivity contribution in [1.29, 1.82) is 0 Å². The van der Waals surface area contributed by atoms with Crippen LogP contribution in [0.1, 0.15) is 40.8 Å². The molecule has 0 saturated carbocycles. The van der Waals surface area contributed by atoms with E-state index < -0.39 is 0 Å². The first-order chi connectivity index (χ1) is 6.29. The normalized spacial score (nSPS) is 35.1. The first-order valence-electron chi connectivity index (χ1n) is 5.05. The first kappa shape index (κ1) is 8.05. The van der Waals surface area contributed by atoms with Crippen LogP contribution in [0.2, 0.25) is 0 Å². The van der Waals surface area contributed by atoms with Crippen LogP contribution < -0.4 is 0 Å². The standard InChI is InChI=1S/C12H13Br/c1-7-9-6-5-8-3-2-4-10(11(8)9)12(7)13/h2-4,7,9,12H,5-6H2,1H3. The molecule has 2 aliphatic carbocycles. The molecule has 1 heteroatoms. The van der Waals surface area contributed by atoms with Gasteiger partial charge in [-0.3, -0.25) is 0 Å². The summed E-state index contributed by atoms with van der Waals surface area (Å²) in [6, 6.07) is 6.81. The van der Waals surface area contributed by atoms with Crippen molar-refractivity contribution < 1.29 is 0 Å². The smallest absolute Gasteiger partial charge is 0.0429 e. The third-order valence-corrected chi connectivity index (χ3v) is 5.05. The van der Waals surface area contributed by atoms with E-state index in [1.165, 1.54) is 12.8 Å². The maximum atomic E-state index is 3.81. The summed E-state index contributed by atoms with van der Waals surface area (Å²) in [5.41, 5.74) is 4.85. The zero-order valence-electron chi connectivity index (χ0n) is 7.76. The van der Waals surface area contributed by atoms with Gasteiger partial charge in [0.1, 0.15) is 0 Å². The predicted molar refractivity (Wildman–Crippen MR) is 58.3 cm³/mol. The molecule has 3 unspecified atom stereocenters. The minimum atomic E-state index is 0.604. The Morgan fingerprint density at radius 3 is 3.08 bits per heavy atom. The van der Waals surface area contributed by atoms with Crippen LogP contribution in [0.4, 0.5) is 0 Å². The highest BCUT2D eigenvalue weighted by Gasteiger charge is 2.40. The number of aryl methyl sites for hydroxylation is 1. The Balaban J connectivity index is 2.26. The van der Waals surface area contributed by atoms with Crippen molar-refractivity contribution >= 4 is 15.9 Å². The lowest BCUT2D eigenvalue weighted by atomic mass is 9.95. The van der Waals surface area contributed by atoms with Crippen LogP contribution >= 0.6 is 15.9 Å². The minimum absolute atomic E-state index is 0.604. The minimum Gasteiger partial charge on any atom is -0.0836 e. The fourth-order valence-corrected chi connectivity index (χ4v) is 3.78. The van der Waals surface area contributed by atoms with E-state index in [-0.39, 0.29) is 0 Å². The monoisotopic (exact) mass is 236 g/mol. The number of benzene rings is 1. The van der Waals surface area contributed by atoms with Crippen LogP contribution in [-0.4, -0.2) is 0 Å². The maximum Gasteiger partial charge on any atom is 0.0429 e. The molecular weight excluding hydrogens is 224 g/mol. The maximum absolute atomic E-state index is 3.81. The summed E-state index contributed by atoms with van der Waals surface area (Å²) in [6.07, 6.45) is 2.67. The lowest BCUT2D eigenvalue weighted by Crippen LogP contribution is -2.02. The predicted octanol–water partition coefficient (Wildman–Crippen LogP) is 3.80. The molecule has 3 rings (SSSR count). The van der Waals surface area contributed by atoms with E-state index in [2.05, 4.69) is 41.1 Å². The van der Waals surface area contributed by atoms with Gasteiger partial charge in [-0.1, -0.05) is 41.1 Å². The van der Waals surface area contributed by atoms with Crippen LogP contribution in [0.15, 0.2) is 18.2 Å². The lowest BCUT2D eigenvalue weighted by molar-refractivity contribution is 0.488. The van der Waals surface area contributed by atoms with Crippen LogP contribution in [0.25, 0.3) is 0 Å². The number of hydrogen-bond acceptors (Lipinski definition) is 0. The number of alkyl halides is 1. The van der Waals surface area contributed by atoms with E-state index in [1.54, 1.807) is 16.7 Å². The van der Waals surface area contributed by atoms with E-state index in [1.807, 2.05) is 0 Å². The Kier molecular flexibility index (Phi) is 1.61. The second-order valence-electron chi connectivity index (χ2n) is 4.33. The molecule has 0 saturated heterocycles. The number of rotatable bonds is 0. The van der Waals surface area contributed by atoms with Gasteiger partial charge in [0.05, 0.1) is 0 Å². The van der Waals surface area contributed by atoms with E-state index >= 15 is 0 Å². The lowest BCUT2D eigenvalue weighted by Gasteiger charge is -2.14. The highest BCUT2D eigenvalue weighted by Crippen LogP contribution is 2.55. The van der Waals surface area contributed by atoms with Crippen molar-refractivity contribution in [1.82, 2.24) is 0 Å². The fourth-order valence-electron chi connectivity index (χ4n) is 3.01. The average Bonchev–Trinajstić information content (AvgIpc) is 2.67. The molecule has 0 amide bonds. The molecule has 1 aromatic rings. The summed E-state index contributed by atoms with van der Waals surface area (Å²) in [6.45, 7) is 2.37. The molecule has 0 fully saturated rings. The summed E-state index contributed by atoms with van der Waals surface area (Å²) >= 11 is 3.81. The van der Waals surface area contributed by atoms with E-state index in [4.69, 9.17) is 0 Å². The second kappa shape index (κ2) is 2.60. The van der Waals surface area contributed by atoms with Crippen molar-refractivity contribution in [3.8, 4) is 0 Å². The molecule has 0 heterocycles. The van der Waals surface area contributed by atoms with Crippen molar-refractivity contribution in [2.45, 2.75) is 30.5 Å². The van der Waals surface area contributed by atoms with E-state index in [9.17, 15) is 0 Å². The van der Waals surface area contributed by atoms with E-state index in [0.29, 0.717) is 4.83 Å². The average molecular weight is 237 g/mol. The van der Waals surface area contributed by atoms with Gasteiger partial charge in [0.2, 0.25) is 0 Å². The van der Waals surface area contributed by atoms with Crippen LogP contribution in [0.5, 0.6) is 0 Å². The van der Waals surface area contributed by atoms with Gasteiger partial charge < -0.3 is 0 Å². The van der Waals surface area contributed by atoms with Crippen molar-refractivity contribution in [2.24, 2.45) is 5.92 Å².